The van der Waals surface area contributed by atoms with Crippen molar-refractivity contribution in [2.75, 3.05) is 6.54 Å². The van der Waals surface area contributed by atoms with Crippen LogP contribution in [0.1, 0.15) is 65.7 Å². The van der Waals surface area contributed by atoms with Gasteiger partial charge in [0.05, 0.1) is 0 Å². The van der Waals surface area contributed by atoms with Crippen molar-refractivity contribution in [1.82, 2.24) is 5.32 Å². The van der Waals surface area contributed by atoms with Crippen molar-refractivity contribution in [2.24, 2.45) is 23.7 Å². The molecule has 2 aliphatic carbocycles. The summed E-state index contributed by atoms with van der Waals surface area (Å²) in [6, 6.07) is 0.886. The fourth-order valence-corrected chi connectivity index (χ4v) is 3.71. The number of hydrogen-bond acceptors (Lipinski definition) is 1. The van der Waals surface area contributed by atoms with Crippen LogP contribution in [0, 0.1) is 23.7 Å². The van der Waals surface area contributed by atoms with E-state index in [4.69, 9.17) is 0 Å². The zero-order chi connectivity index (χ0) is 12.3. The molecule has 0 radical (unpaired) electrons. The summed E-state index contributed by atoms with van der Waals surface area (Å²) in [5.74, 6) is 3.86. The summed E-state index contributed by atoms with van der Waals surface area (Å²) in [5, 5.41) is 3.77. The molecule has 4 atom stereocenters. The van der Waals surface area contributed by atoms with Gasteiger partial charge in [0, 0.05) is 6.04 Å². The zero-order valence-electron chi connectivity index (χ0n) is 12.0. The third-order valence-electron chi connectivity index (χ3n) is 5.03. The molecule has 1 nitrogen and oxygen atoms in total. The summed E-state index contributed by atoms with van der Waals surface area (Å²) in [6.07, 6.45) is 10.1. The van der Waals surface area contributed by atoms with Crippen LogP contribution in [-0.2, 0) is 0 Å². The molecule has 2 rings (SSSR count). The molecule has 4 unspecified atom stereocenters. The standard InChI is InChI=1S/C16H31N/c1-4-5-13(3)16-10-12(2)6-7-14(16)11-17-15-8-9-15/h12-17H,4-11H2,1-3H3. The fourth-order valence-electron chi connectivity index (χ4n) is 3.71. The predicted molar refractivity (Wildman–Crippen MR) is 75.1 cm³/mol. The molecule has 17 heavy (non-hydrogen) atoms. The quantitative estimate of drug-likeness (QED) is 0.729. The van der Waals surface area contributed by atoms with Crippen LogP contribution in [0.15, 0.2) is 0 Å². The van der Waals surface area contributed by atoms with E-state index in [1.165, 1.54) is 51.5 Å². The van der Waals surface area contributed by atoms with Crippen molar-refractivity contribution < 1.29 is 0 Å². The molecule has 0 heterocycles. The predicted octanol–water partition coefficient (Wildman–Crippen LogP) is 4.23. The topological polar surface area (TPSA) is 12.0 Å². The van der Waals surface area contributed by atoms with Crippen LogP contribution in [0.4, 0.5) is 0 Å². The molecule has 2 fully saturated rings. The highest BCUT2D eigenvalue weighted by atomic mass is 14.9. The van der Waals surface area contributed by atoms with E-state index in [1.54, 1.807) is 0 Å². The monoisotopic (exact) mass is 237 g/mol. The van der Waals surface area contributed by atoms with Crippen molar-refractivity contribution in [2.45, 2.75) is 71.8 Å². The van der Waals surface area contributed by atoms with E-state index in [2.05, 4.69) is 26.1 Å². The lowest BCUT2D eigenvalue weighted by Gasteiger charge is -2.39. The fraction of sp³-hybridized carbons (Fsp3) is 1.00. The van der Waals surface area contributed by atoms with Gasteiger partial charge in [0.2, 0.25) is 0 Å². The van der Waals surface area contributed by atoms with Crippen LogP contribution < -0.4 is 5.32 Å². The van der Waals surface area contributed by atoms with Gasteiger partial charge in [-0.05, 0) is 55.9 Å². The Bertz CT molecular complexity index is 222. The normalized spacial score (nSPS) is 35.8. The maximum absolute atomic E-state index is 3.77. The second-order valence-electron chi connectivity index (χ2n) is 6.79. The molecule has 0 saturated heterocycles. The molecule has 0 aromatic heterocycles. The minimum Gasteiger partial charge on any atom is -0.314 e. The van der Waals surface area contributed by atoms with Crippen molar-refractivity contribution in [3.05, 3.63) is 0 Å². The van der Waals surface area contributed by atoms with Gasteiger partial charge in [-0.2, -0.15) is 0 Å². The van der Waals surface area contributed by atoms with E-state index in [9.17, 15) is 0 Å². The van der Waals surface area contributed by atoms with Gasteiger partial charge in [-0.1, -0.05) is 40.0 Å². The summed E-state index contributed by atoms with van der Waals surface area (Å²) in [7, 11) is 0. The molecule has 0 aromatic rings. The van der Waals surface area contributed by atoms with E-state index in [0.717, 1.165) is 29.7 Å². The Morgan fingerprint density at radius 2 is 1.94 bits per heavy atom. The van der Waals surface area contributed by atoms with Crippen LogP contribution in [0.2, 0.25) is 0 Å². The van der Waals surface area contributed by atoms with Gasteiger partial charge >= 0.3 is 0 Å². The molecule has 0 bridgehead atoms. The maximum atomic E-state index is 3.77. The van der Waals surface area contributed by atoms with E-state index < -0.39 is 0 Å². The van der Waals surface area contributed by atoms with Crippen LogP contribution in [0.5, 0.6) is 0 Å². The lowest BCUT2D eigenvalue weighted by molar-refractivity contribution is 0.126. The molecule has 0 aromatic carbocycles. The van der Waals surface area contributed by atoms with E-state index in [0.29, 0.717) is 0 Å². The van der Waals surface area contributed by atoms with Gasteiger partial charge in [0.15, 0.2) is 0 Å². The Balaban J connectivity index is 1.84. The molecular weight excluding hydrogens is 206 g/mol. The van der Waals surface area contributed by atoms with Crippen LogP contribution in [0.3, 0.4) is 0 Å². The molecule has 100 valence electrons. The Kier molecular flexibility index (Phi) is 4.90. The molecule has 0 spiro atoms. The summed E-state index contributed by atoms with van der Waals surface area (Å²) in [5.41, 5.74) is 0. The third-order valence-corrected chi connectivity index (χ3v) is 5.03. The summed E-state index contributed by atoms with van der Waals surface area (Å²) >= 11 is 0. The van der Waals surface area contributed by atoms with Crippen LogP contribution >= 0.6 is 0 Å². The van der Waals surface area contributed by atoms with Gasteiger partial charge in [-0.15, -0.1) is 0 Å². The first-order valence-corrected chi connectivity index (χ1v) is 7.94. The Morgan fingerprint density at radius 1 is 1.18 bits per heavy atom. The first kappa shape index (κ1) is 13.4. The lowest BCUT2D eigenvalue weighted by Crippen LogP contribution is -2.36. The second kappa shape index (κ2) is 6.22. The average molecular weight is 237 g/mol. The van der Waals surface area contributed by atoms with Crippen molar-refractivity contribution in [3.63, 3.8) is 0 Å². The zero-order valence-corrected chi connectivity index (χ0v) is 12.0. The Labute approximate surface area is 108 Å². The van der Waals surface area contributed by atoms with Gasteiger partial charge in [-0.25, -0.2) is 0 Å². The van der Waals surface area contributed by atoms with Crippen LogP contribution in [-0.4, -0.2) is 12.6 Å². The minimum absolute atomic E-state index is 0.886. The molecule has 2 saturated carbocycles. The number of hydrogen-bond donors (Lipinski definition) is 1. The van der Waals surface area contributed by atoms with E-state index >= 15 is 0 Å². The molecule has 1 N–H and O–H groups in total. The highest BCUT2D eigenvalue weighted by molar-refractivity contribution is 4.87. The maximum Gasteiger partial charge on any atom is 0.00683 e. The highest BCUT2D eigenvalue weighted by Crippen LogP contribution is 2.39. The average Bonchev–Trinajstić information content (AvgIpc) is 3.11. The molecule has 1 heteroatoms. The van der Waals surface area contributed by atoms with Gasteiger partial charge in [0.25, 0.3) is 0 Å². The van der Waals surface area contributed by atoms with E-state index in [1.807, 2.05) is 0 Å². The van der Waals surface area contributed by atoms with Crippen LogP contribution in [0.25, 0.3) is 0 Å². The number of nitrogens with one attached hydrogen (secondary N) is 1. The summed E-state index contributed by atoms with van der Waals surface area (Å²) in [6.45, 7) is 8.59. The van der Waals surface area contributed by atoms with Gasteiger partial charge < -0.3 is 5.32 Å². The molecular formula is C16H31N. The SMILES string of the molecule is CCCC(C)C1CC(C)CCC1CNC1CC1. The lowest BCUT2D eigenvalue weighted by atomic mass is 9.68. The first-order valence-electron chi connectivity index (χ1n) is 7.94. The third kappa shape index (κ3) is 3.98. The second-order valence-corrected chi connectivity index (χ2v) is 6.79. The highest BCUT2D eigenvalue weighted by Gasteiger charge is 2.33. The smallest absolute Gasteiger partial charge is 0.00683 e. The van der Waals surface area contributed by atoms with Gasteiger partial charge in [-0.3, -0.25) is 0 Å². The van der Waals surface area contributed by atoms with Crippen molar-refractivity contribution >= 4 is 0 Å². The minimum atomic E-state index is 0.886. The van der Waals surface area contributed by atoms with Crippen molar-refractivity contribution in [1.29, 1.82) is 0 Å². The molecule has 2 aliphatic rings. The molecule has 0 aliphatic heterocycles. The van der Waals surface area contributed by atoms with E-state index in [-0.39, 0.29) is 0 Å². The molecule has 0 amide bonds. The summed E-state index contributed by atoms with van der Waals surface area (Å²) < 4.78 is 0. The largest absolute Gasteiger partial charge is 0.314 e. The number of rotatable bonds is 6. The Morgan fingerprint density at radius 3 is 2.59 bits per heavy atom. The first-order chi connectivity index (χ1) is 8.20. The van der Waals surface area contributed by atoms with Crippen molar-refractivity contribution in [3.8, 4) is 0 Å². The summed E-state index contributed by atoms with van der Waals surface area (Å²) in [4.78, 5) is 0. The Hall–Kier alpha value is -0.0400. The van der Waals surface area contributed by atoms with Gasteiger partial charge in [0.1, 0.15) is 0 Å².